The first-order chi connectivity index (χ1) is 9.25. The number of hydrogen-bond acceptors (Lipinski definition) is 2. The molecule has 0 aromatic rings. The predicted molar refractivity (Wildman–Crippen MR) is 78.4 cm³/mol. The van der Waals surface area contributed by atoms with Crippen molar-refractivity contribution in [1.29, 1.82) is 0 Å². The summed E-state index contributed by atoms with van der Waals surface area (Å²) in [6, 6.07) is 0. The quantitative estimate of drug-likeness (QED) is 0.778. The van der Waals surface area contributed by atoms with Gasteiger partial charge in [-0.05, 0) is 36.2 Å². The molecule has 0 radical (unpaired) electrons. The van der Waals surface area contributed by atoms with E-state index in [1.165, 1.54) is 0 Å². The molecule has 0 saturated heterocycles. The van der Waals surface area contributed by atoms with Gasteiger partial charge in [-0.15, -0.1) is 0 Å². The van der Waals surface area contributed by atoms with Crippen molar-refractivity contribution in [1.82, 2.24) is 0 Å². The summed E-state index contributed by atoms with van der Waals surface area (Å²) in [7, 11) is 0. The molecule has 3 heteroatoms. The van der Waals surface area contributed by atoms with Crippen LogP contribution in [-0.2, 0) is 9.59 Å². The number of Topliss-reactive ketones (excluding diaryl/α,β-unsaturated/α-hetero) is 1. The van der Waals surface area contributed by atoms with Crippen molar-refractivity contribution in [2.45, 2.75) is 59.8 Å². The Balaban J connectivity index is 2.31. The molecular weight excluding hydrogens is 252 g/mol. The maximum Gasteiger partial charge on any atom is 0.310 e. The summed E-state index contributed by atoms with van der Waals surface area (Å²) in [5.74, 6) is -0.873. The van der Waals surface area contributed by atoms with E-state index in [1.807, 2.05) is 0 Å². The van der Waals surface area contributed by atoms with Crippen molar-refractivity contribution in [2.75, 3.05) is 0 Å². The summed E-state index contributed by atoms with van der Waals surface area (Å²) in [6.45, 7) is 8.42. The van der Waals surface area contributed by atoms with Crippen LogP contribution in [0, 0.1) is 22.7 Å². The summed E-state index contributed by atoms with van der Waals surface area (Å²) >= 11 is 0. The van der Waals surface area contributed by atoms with Crippen LogP contribution >= 0.6 is 0 Å². The van der Waals surface area contributed by atoms with E-state index in [4.69, 9.17) is 0 Å². The molecule has 3 nitrogen and oxygen atoms in total. The standard InChI is InChI=1S/C17H26O3/c1-5-6-7-11(15(19)20)10-12-13-8-9-17(4,14(12)18)16(13,2)3/h10-11,13H,5-9H2,1-4H3,(H,19,20). The molecule has 0 aromatic heterocycles. The molecule has 2 rings (SSSR count). The predicted octanol–water partition coefficient (Wildman–Crippen LogP) is 3.83. The Kier molecular flexibility index (Phi) is 3.83. The van der Waals surface area contributed by atoms with E-state index in [-0.39, 0.29) is 22.5 Å². The number of ketones is 1. The second kappa shape index (κ2) is 5.01. The van der Waals surface area contributed by atoms with Gasteiger partial charge < -0.3 is 5.11 Å². The molecule has 0 spiro atoms. The third kappa shape index (κ3) is 2.02. The van der Waals surface area contributed by atoms with Crippen LogP contribution in [0.5, 0.6) is 0 Å². The molecule has 2 aliphatic rings. The molecule has 2 bridgehead atoms. The van der Waals surface area contributed by atoms with E-state index in [9.17, 15) is 14.7 Å². The van der Waals surface area contributed by atoms with Gasteiger partial charge in [0.05, 0.1) is 5.92 Å². The number of unbranched alkanes of at least 4 members (excludes halogenated alkanes) is 1. The van der Waals surface area contributed by atoms with E-state index in [0.29, 0.717) is 6.42 Å². The van der Waals surface area contributed by atoms with Gasteiger partial charge in [-0.3, -0.25) is 9.59 Å². The van der Waals surface area contributed by atoms with Gasteiger partial charge >= 0.3 is 5.97 Å². The average Bonchev–Trinajstić information content (AvgIpc) is 2.67. The number of carbonyl (C=O) groups excluding carboxylic acids is 1. The average molecular weight is 278 g/mol. The van der Waals surface area contributed by atoms with Gasteiger partial charge in [0, 0.05) is 5.41 Å². The highest BCUT2D eigenvalue weighted by molar-refractivity contribution is 6.05. The van der Waals surface area contributed by atoms with Gasteiger partial charge in [0.15, 0.2) is 5.78 Å². The lowest BCUT2D eigenvalue weighted by Crippen LogP contribution is -2.32. The Bertz CT molecular complexity index is 461. The zero-order chi connectivity index (χ0) is 15.1. The minimum atomic E-state index is -0.801. The Morgan fingerprint density at radius 1 is 1.45 bits per heavy atom. The van der Waals surface area contributed by atoms with E-state index >= 15 is 0 Å². The number of rotatable bonds is 5. The van der Waals surface area contributed by atoms with Crippen molar-refractivity contribution < 1.29 is 14.7 Å². The number of fused-ring (bicyclic) bond motifs is 2. The van der Waals surface area contributed by atoms with Crippen LogP contribution in [0.1, 0.15) is 59.8 Å². The van der Waals surface area contributed by atoms with Crippen molar-refractivity contribution in [3.63, 3.8) is 0 Å². The lowest BCUT2D eigenvalue weighted by Gasteiger charge is -2.31. The van der Waals surface area contributed by atoms with Crippen LogP contribution in [0.2, 0.25) is 0 Å². The molecule has 3 atom stereocenters. The fraction of sp³-hybridized carbons (Fsp3) is 0.765. The molecule has 20 heavy (non-hydrogen) atoms. The van der Waals surface area contributed by atoms with Crippen molar-refractivity contribution in [3.8, 4) is 0 Å². The van der Waals surface area contributed by atoms with Crippen LogP contribution in [0.15, 0.2) is 11.6 Å². The largest absolute Gasteiger partial charge is 0.481 e. The van der Waals surface area contributed by atoms with Crippen LogP contribution in [0.25, 0.3) is 0 Å². The Labute approximate surface area is 121 Å². The van der Waals surface area contributed by atoms with Gasteiger partial charge in [-0.1, -0.05) is 46.6 Å². The molecule has 0 aliphatic heterocycles. The zero-order valence-corrected chi connectivity index (χ0v) is 13.0. The highest BCUT2D eigenvalue weighted by atomic mass is 16.4. The highest BCUT2D eigenvalue weighted by Gasteiger charge is 2.63. The van der Waals surface area contributed by atoms with Crippen LogP contribution < -0.4 is 0 Å². The van der Waals surface area contributed by atoms with E-state index in [2.05, 4.69) is 27.7 Å². The molecule has 0 heterocycles. The lowest BCUT2D eigenvalue weighted by molar-refractivity contribution is -0.140. The molecule has 3 unspecified atom stereocenters. The first-order valence-corrected chi connectivity index (χ1v) is 7.75. The Hall–Kier alpha value is -1.12. The van der Waals surface area contributed by atoms with Gasteiger partial charge in [-0.25, -0.2) is 0 Å². The molecule has 1 N–H and O–H groups in total. The SMILES string of the molecule is CCCCC(C=C1C(=O)C2(C)CCC1C2(C)C)C(=O)O. The number of carbonyl (C=O) groups is 2. The third-order valence-electron chi connectivity index (χ3n) is 5.93. The van der Waals surface area contributed by atoms with Crippen molar-refractivity contribution >= 4 is 11.8 Å². The van der Waals surface area contributed by atoms with Gasteiger partial charge in [0.25, 0.3) is 0 Å². The topological polar surface area (TPSA) is 54.4 Å². The lowest BCUT2D eigenvalue weighted by atomic mass is 9.70. The molecule has 0 amide bonds. The zero-order valence-electron chi connectivity index (χ0n) is 13.0. The number of carboxylic acid groups (broad SMARTS) is 1. The maximum atomic E-state index is 12.7. The summed E-state index contributed by atoms with van der Waals surface area (Å²) < 4.78 is 0. The second-order valence-electron chi connectivity index (χ2n) is 7.18. The first-order valence-electron chi connectivity index (χ1n) is 7.75. The van der Waals surface area contributed by atoms with E-state index in [0.717, 1.165) is 31.3 Å². The van der Waals surface area contributed by atoms with Crippen molar-refractivity contribution in [2.24, 2.45) is 22.7 Å². The monoisotopic (exact) mass is 278 g/mol. The fourth-order valence-corrected chi connectivity index (χ4v) is 4.04. The fourth-order valence-electron chi connectivity index (χ4n) is 4.04. The molecule has 2 fully saturated rings. The normalized spacial score (nSPS) is 34.7. The van der Waals surface area contributed by atoms with Gasteiger partial charge in [0.1, 0.15) is 0 Å². The molecular formula is C17H26O3. The van der Waals surface area contributed by atoms with E-state index < -0.39 is 11.9 Å². The number of allylic oxidation sites excluding steroid dienone is 1. The second-order valence-corrected chi connectivity index (χ2v) is 7.18. The Morgan fingerprint density at radius 2 is 2.10 bits per heavy atom. The minimum absolute atomic E-state index is 0.0380. The number of hydrogen-bond donors (Lipinski definition) is 1. The summed E-state index contributed by atoms with van der Waals surface area (Å²) in [6.07, 6.45) is 6.23. The van der Waals surface area contributed by atoms with Gasteiger partial charge in [0.2, 0.25) is 0 Å². The third-order valence-corrected chi connectivity index (χ3v) is 5.93. The summed E-state index contributed by atoms with van der Waals surface area (Å²) in [5, 5.41) is 9.36. The summed E-state index contributed by atoms with van der Waals surface area (Å²) in [5.41, 5.74) is 0.466. The maximum absolute atomic E-state index is 12.7. The number of aliphatic carboxylic acids is 1. The van der Waals surface area contributed by atoms with Crippen molar-refractivity contribution in [3.05, 3.63) is 11.6 Å². The molecule has 112 valence electrons. The van der Waals surface area contributed by atoms with Crippen LogP contribution in [0.4, 0.5) is 0 Å². The first kappa shape index (κ1) is 15.3. The van der Waals surface area contributed by atoms with E-state index in [1.54, 1.807) is 6.08 Å². The number of carboxylic acids is 1. The van der Waals surface area contributed by atoms with Gasteiger partial charge in [-0.2, -0.15) is 0 Å². The highest BCUT2D eigenvalue weighted by Crippen LogP contribution is 2.65. The summed E-state index contributed by atoms with van der Waals surface area (Å²) in [4.78, 5) is 24.1. The molecule has 2 aliphatic carbocycles. The molecule has 2 saturated carbocycles. The van der Waals surface area contributed by atoms with Crippen LogP contribution in [-0.4, -0.2) is 16.9 Å². The van der Waals surface area contributed by atoms with Crippen LogP contribution in [0.3, 0.4) is 0 Å². The Morgan fingerprint density at radius 3 is 2.55 bits per heavy atom. The smallest absolute Gasteiger partial charge is 0.310 e. The molecule has 0 aromatic carbocycles. The minimum Gasteiger partial charge on any atom is -0.481 e.